The number of nitrogens with one attached hydrogen (secondary N) is 1. The molecule has 104 valence electrons. The number of benzene rings is 1. The van der Waals surface area contributed by atoms with Crippen LogP contribution in [0.3, 0.4) is 0 Å². The first-order valence-electron chi connectivity index (χ1n) is 6.12. The maximum atomic E-state index is 12.8. The normalized spacial score (nSPS) is 10.6. The number of nitrogens with zero attached hydrogens (tertiary/aromatic N) is 2. The summed E-state index contributed by atoms with van der Waals surface area (Å²) < 4.78 is 12.8. The van der Waals surface area contributed by atoms with Crippen LogP contribution in [0.4, 0.5) is 10.2 Å². The van der Waals surface area contributed by atoms with Crippen molar-refractivity contribution in [3.05, 3.63) is 65.3 Å². The maximum Gasteiger partial charge on any atom is 0.275 e. The van der Waals surface area contributed by atoms with E-state index in [1.165, 1.54) is 12.1 Å². The van der Waals surface area contributed by atoms with Gasteiger partial charge in [-0.3, -0.25) is 4.79 Å². The Hall–Kier alpha value is -2.53. The largest absolute Gasteiger partial charge is 0.305 e. The minimum absolute atomic E-state index is 0.171. The highest BCUT2D eigenvalue weighted by atomic mass is 35.5. The van der Waals surface area contributed by atoms with Gasteiger partial charge in [-0.15, -0.1) is 0 Å². The molecule has 0 aliphatic rings. The van der Waals surface area contributed by atoms with Crippen LogP contribution in [0.5, 0.6) is 0 Å². The first kappa shape index (κ1) is 13.5. The van der Waals surface area contributed by atoms with Crippen LogP contribution in [0.2, 0.25) is 5.15 Å². The van der Waals surface area contributed by atoms with E-state index in [4.69, 9.17) is 11.6 Å². The van der Waals surface area contributed by atoms with Gasteiger partial charge in [-0.25, -0.2) is 14.4 Å². The molecular weight excluding hydrogens is 293 g/mol. The van der Waals surface area contributed by atoms with Crippen LogP contribution < -0.4 is 5.32 Å². The topological polar surface area (TPSA) is 54.9 Å². The van der Waals surface area contributed by atoms with Crippen molar-refractivity contribution >= 4 is 34.1 Å². The van der Waals surface area contributed by atoms with E-state index in [1.807, 2.05) is 24.3 Å². The van der Waals surface area contributed by atoms with Crippen molar-refractivity contribution in [2.45, 2.75) is 0 Å². The zero-order chi connectivity index (χ0) is 14.8. The van der Waals surface area contributed by atoms with E-state index >= 15 is 0 Å². The minimum Gasteiger partial charge on any atom is -0.305 e. The van der Waals surface area contributed by atoms with Gasteiger partial charge in [-0.2, -0.15) is 0 Å². The van der Waals surface area contributed by atoms with Gasteiger partial charge < -0.3 is 5.32 Å². The Morgan fingerprint density at radius 2 is 2.00 bits per heavy atom. The molecule has 0 aliphatic heterocycles. The Morgan fingerprint density at radius 3 is 2.76 bits per heavy atom. The van der Waals surface area contributed by atoms with E-state index < -0.39 is 11.7 Å². The van der Waals surface area contributed by atoms with Crippen molar-refractivity contribution in [2.75, 3.05) is 5.32 Å². The van der Waals surface area contributed by atoms with Gasteiger partial charge in [0, 0.05) is 5.39 Å². The molecule has 0 bridgehead atoms. The average Bonchev–Trinajstić information content (AvgIpc) is 2.49. The molecule has 1 aromatic carbocycles. The second-order valence-corrected chi connectivity index (χ2v) is 4.69. The second kappa shape index (κ2) is 5.46. The zero-order valence-corrected chi connectivity index (χ0v) is 11.4. The zero-order valence-electron chi connectivity index (χ0n) is 10.7. The van der Waals surface area contributed by atoms with Crippen LogP contribution in [-0.4, -0.2) is 15.9 Å². The monoisotopic (exact) mass is 301 g/mol. The number of amides is 1. The fraction of sp³-hybridized carbons (Fsp3) is 0. The molecule has 0 radical (unpaired) electrons. The minimum atomic E-state index is -0.472. The molecule has 21 heavy (non-hydrogen) atoms. The first-order chi connectivity index (χ1) is 10.1. The summed E-state index contributed by atoms with van der Waals surface area (Å²) in [6, 6.07) is 11.6. The summed E-state index contributed by atoms with van der Waals surface area (Å²) in [6.45, 7) is 0. The summed E-state index contributed by atoms with van der Waals surface area (Å²) in [7, 11) is 0. The fourth-order valence-corrected chi connectivity index (χ4v) is 2.17. The smallest absolute Gasteiger partial charge is 0.275 e. The summed E-state index contributed by atoms with van der Waals surface area (Å²) in [5.41, 5.74) is 0.171. The van der Waals surface area contributed by atoms with Crippen LogP contribution in [0.25, 0.3) is 10.8 Å². The number of aromatic nitrogens is 2. The molecular formula is C15H9ClFN3O. The lowest BCUT2D eigenvalue weighted by Crippen LogP contribution is -2.14. The number of halogens is 2. The Bertz CT molecular complexity index is 821. The maximum absolute atomic E-state index is 12.8. The number of anilines is 1. The van der Waals surface area contributed by atoms with Crippen molar-refractivity contribution in [3.63, 3.8) is 0 Å². The lowest BCUT2D eigenvalue weighted by molar-refractivity contribution is 0.102. The van der Waals surface area contributed by atoms with E-state index in [0.717, 1.165) is 17.0 Å². The number of fused-ring (bicyclic) bond motifs is 1. The Morgan fingerprint density at radius 1 is 1.19 bits per heavy atom. The molecule has 0 unspecified atom stereocenters. The Kier molecular flexibility index (Phi) is 3.50. The summed E-state index contributed by atoms with van der Waals surface area (Å²) in [6.07, 6.45) is 1.02. The molecule has 2 heterocycles. The van der Waals surface area contributed by atoms with Crippen molar-refractivity contribution in [3.8, 4) is 0 Å². The molecule has 0 spiro atoms. The SMILES string of the molecule is O=C(Nc1ccc(F)cn1)c1cc2ccccc2c(Cl)n1. The molecule has 4 nitrogen and oxygen atoms in total. The molecule has 2 aromatic heterocycles. The number of pyridine rings is 2. The predicted molar refractivity (Wildman–Crippen MR) is 78.9 cm³/mol. The predicted octanol–water partition coefficient (Wildman–Crippen LogP) is 3.67. The van der Waals surface area contributed by atoms with Crippen LogP contribution in [-0.2, 0) is 0 Å². The molecule has 6 heteroatoms. The van der Waals surface area contributed by atoms with E-state index in [1.54, 1.807) is 6.07 Å². The van der Waals surface area contributed by atoms with Gasteiger partial charge in [0.05, 0.1) is 6.20 Å². The summed E-state index contributed by atoms with van der Waals surface area (Å²) in [5.74, 6) is -0.686. The van der Waals surface area contributed by atoms with Crippen LogP contribution in [0, 0.1) is 5.82 Å². The van der Waals surface area contributed by atoms with E-state index in [-0.39, 0.29) is 16.7 Å². The fourth-order valence-electron chi connectivity index (χ4n) is 1.90. The number of rotatable bonds is 2. The van der Waals surface area contributed by atoms with Gasteiger partial charge in [0.25, 0.3) is 5.91 Å². The third kappa shape index (κ3) is 2.83. The molecule has 1 N–H and O–H groups in total. The molecule has 3 rings (SSSR count). The summed E-state index contributed by atoms with van der Waals surface area (Å²) in [4.78, 5) is 20.0. The van der Waals surface area contributed by atoms with Gasteiger partial charge in [-0.1, -0.05) is 35.9 Å². The quantitative estimate of drug-likeness (QED) is 0.735. The third-order valence-electron chi connectivity index (χ3n) is 2.90. The number of carbonyl (C=O) groups excluding carboxylic acids is 1. The summed E-state index contributed by atoms with van der Waals surface area (Å²) in [5, 5.41) is 4.38. The van der Waals surface area contributed by atoms with Crippen LogP contribution >= 0.6 is 11.6 Å². The molecule has 1 amide bonds. The van der Waals surface area contributed by atoms with E-state index in [9.17, 15) is 9.18 Å². The standard InChI is InChI=1S/C15H9ClFN3O/c16-14-11-4-2-1-3-9(11)7-12(19-14)15(21)20-13-6-5-10(17)8-18-13/h1-8H,(H,18,20,21). The molecule has 0 fully saturated rings. The highest BCUT2D eigenvalue weighted by Crippen LogP contribution is 2.22. The highest BCUT2D eigenvalue weighted by molar-refractivity contribution is 6.34. The lowest BCUT2D eigenvalue weighted by Gasteiger charge is -2.06. The van der Waals surface area contributed by atoms with Crippen molar-refractivity contribution in [1.29, 1.82) is 0 Å². The van der Waals surface area contributed by atoms with E-state index in [0.29, 0.717) is 0 Å². The van der Waals surface area contributed by atoms with Gasteiger partial charge in [0.1, 0.15) is 22.5 Å². The molecule has 0 saturated heterocycles. The van der Waals surface area contributed by atoms with Crippen LogP contribution in [0.15, 0.2) is 48.7 Å². The number of hydrogen-bond acceptors (Lipinski definition) is 3. The number of carbonyl (C=O) groups is 1. The molecule has 3 aromatic rings. The number of hydrogen-bond donors (Lipinski definition) is 1. The van der Waals surface area contributed by atoms with Gasteiger partial charge in [-0.05, 0) is 23.6 Å². The van der Waals surface area contributed by atoms with Gasteiger partial charge in [0.15, 0.2) is 0 Å². The summed E-state index contributed by atoms with van der Waals surface area (Å²) >= 11 is 6.07. The van der Waals surface area contributed by atoms with Crippen molar-refractivity contribution in [2.24, 2.45) is 0 Å². The Balaban J connectivity index is 1.92. The van der Waals surface area contributed by atoms with Crippen molar-refractivity contribution < 1.29 is 9.18 Å². The molecule has 0 saturated carbocycles. The van der Waals surface area contributed by atoms with E-state index in [2.05, 4.69) is 15.3 Å². The van der Waals surface area contributed by atoms with Gasteiger partial charge >= 0.3 is 0 Å². The Labute approximate surface area is 124 Å². The molecule has 0 atom stereocenters. The third-order valence-corrected chi connectivity index (χ3v) is 3.18. The van der Waals surface area contributed by atoms with Crippen molar-refractivity contribution in [1.82, 2.24) is 9.97 Å². The highest BCUT2D eigenvalue weighted by Gasteiger charge is 2.12. The van der Waals surface area contributed by atoms with Gasteiger partial charge in [0.2, 0.25) is 0 Å². The first-order valence-corrected chi connectivity index (χ1v) is 6.49. The molecule has 0 aliphatic carbocycles. The second-order valence-electron chi connectivity index (χ2n) is 4.34. The van der Waals surface area contributed by atoms with Crippen LogP contribution in [0.1, 0.15) is 10.5 Å². The lowest BCUT2D eigenvalue weighted by atomic mass is 10.1. The average molecular weight is 302 g/mol.